The lowest BCUT2D eigenvalue weighted by atomic mass is 10.1. The molecule has 3 rings (SSSR count). The van der Waals surface area contributed by atoms with Gasteiger partial charge in [-0.2, -0.15) is 13.2 Å². The van der Waals surface area contributed by atoms with E-state index in [2.05, 4.69) is 5.32 Å². The maximum Gasteiger partial charge on any atom is 0.416 e. The number of aromatic hydroxyl groups is 1. The minimum atomic E-state index is -4.61. The van der Waals surface area contributed by atoms with Crippen molar-refractivity contribution in [1.82, 2.24) is 0 Å². The Labute approximate surface area is 170 Å². The van der Waals surface area contributed by atoms with Crippen molar-refractivity contribution < 1.29 is 32.5 Å². The standard InChI is InChI=1S/C22H18F3NO4/c1-13-3-9-19(27)17(11-13)21(28)26-18-12-14(22(23,24)25)4-10-20(18)30-16-7-5-15(29-2)6-8-16/h3-12,27H,1-2H3,(H,26,28). The number of alkyl halides is 3. The van der Waals surface area contributed by atoms with Crippen LogP contribution in [0.5, 0.6) is 23.0 Å². The van der Waals surface area contributed by atoms with E-state index in [0.717, 1.165) is 18.2 Å². The van der Waals surface area contributed by atoms with E-state index >= 15 is 0 Å². The molecular weight excluding hydrogens is 399 g/mol. The van der Waals surface area contributed by atoms with E-state index in [1.165, 1.54) is 19.2 Å². The van der Waals surface area contributed by atoms with E-state index < -0.39 is 17.6 Å². The van der Waals surface area contributed by atoms with E-state index in [9.17, 15) is 23.1 Å². The van der Waals surface area contributed by atoms with Crippen LogP contribution in [0.3, 0.4) is 0 Å². The number of anilines is 1. The lowest BCUT2D eigenvalue weighted by Crippen LogP contribution is -2.14. The molecule has 0 atom stereocenters. The first kappa shape index (κ1) is 21.0. The first-order valence-electron chi connectivity index (χ1n) is 8.81. The number of aryl methyl sites for hydroxylation is 1. The van der Waals surface area contributed by atoms with Crippen LogP contribution in [0, 0.1) is 6.92 Å². The summed E-state index contributed by atoms with van der Waals surface area (Å²) in [6.07, 6.45) is -4.61. The maximum atomic E-state index is 13.2. The lowest BCUT2D eigenvalue weighted by molar-refractivity contribution is -0.137. The summed E-state index contributed by atoms with van der Waals surface area (Å²) >= 11 is 0. The van der Waals surface area contributed by atoms with Gasteiger partial charge in [0, 0.05) is 0 Å². The number of benzene rings is 3. The quantitative estimate of drug-likeness (QED) is 0.553. The molecule has 0 fully saturated rings. The molecule has 0 saturated heterocycles. The third-order valence-electron chi connectivity index (χ3n) is 4.24. The minimum absolute atomic E-state index is 0.00802. The highest BCUT2D eigenvalue weighted by molar-refractivity contribution is 6.07. The van der Waals surface area contributed by atoms with Crippen LogP contribution < -0.4 is 14.8 Å². The van der Waals surface area contributed by atoms with Gasteiger partial charge < -0.3 is 19.9 Å². The van der Waals surface area contributed by atoms with Crippen molar-refractivity contribution in [3.05, 3.63) is 77.4 Å². The molecule has 0 aromatic heterocycles. The molecule has 5 nitrogen and oxygen atoms in total. The molecule has 8 heteroatoms. The van der Waals surface area contributed by atoms with Crippen molar-refractivity contribution in [1.29, 1.82) is 0 Å². The topological polar surface area (TPSA) is 67.8 Å². The number of hydrogen-bond acceptors (Lipinski definition) is 4. The zero-order chi connectivity index (χ0) is 21.9. The summed E-state index contributed by atoms with van der Waals surface area (Å²) < 4.78 is 50.3. The zero-order valence-electron chi connectivity index (χ0n) is 16.1. The first-order valence-corrected chi connectivity index (χ1v) is 8.81. The first-order chi connectivity index (χ1) is 14.2. The Kier molecular flexibility index (Phi) is 5.86. The van der Waals surface area contributed by atoms with E-state index in [1.54, 1.807) is 37.3 Å². The Balaban J connectivity index is 1.96. The number of nitrogens with one attached hydrogen (secondary N) is 1. The van der Waals surface area contributed by atoms with Crippen LogP contribution in [0.4, 0.5) is 18.9 Å². The summed E-state index contributed by atoms with van der Waals surface area (Å²) in [4.78, 5) is 12.6. The fourth-order valence-corrected chi connectivity index (χ4v) is 2.69. The maximum absolute atomic E-state index is 13.2. The SMILES string of the molecule is COc1ccc(Oc2ccc(C(F)(F)F)cc2NC(=O)c2cc(C)ccc2O)cc1. The predicted molar refractivity (Wildman–Crippen MR) is 105 cm³/mol. The monoisotopic (exact) mass is 417 g/mol. The van der Waals surface area contributed by atoms with Gasteiger partial charge in [-0.1, -0.05) is 11.6 Å². The number of phenols is 1. The number of carbonyl (C=O) groups is 1. The largest absolute Gasteiger partial charge is 0.507 e. The highest BCUT2D eigenvalue weighted by atomic mass is 19.4. The Bertz CT molecular complexity index is 1060. The average molecular weight is 417 g/mol. The smallest absolute Gasteiger partial charge is 0.416 e. The number of phenolic OH excluding ortho intramolecular Hbond substituents is 1. The number of halogens is 3. The van der Waals surface area contributed by atoms with Crippen LogP contribution in [0.2, 0.25) is 0 Å². The van der Waals surface area contributed by atoms with Gasteiger partial charge in [0.15, 0.2) is 5.75 Å². The fraction of sp³-hybridized carbons (Fsp3) is 0.136. The van der Waals surface area contributed by atoms with E-state index in [4.69, 9.17) is 9.47 Å². The molecule has 0 aliphatic heterocycles. The summed E-state index contributed by atoms with van der Waals surface area (Å²) in [6.45, 7) is 1.72. The molecule has 0 aliphatic rings. The van der Waals surface area contributed by atoms with Crippen LogP contribution in [-0.2, 0) is 6.18 Å². The summed E-state index contributed by atoms with van der Waals surface area (Å²) in [5, 5.41) is 12.3. The van der Waals surface area contributed by atoms with Crippen molar-refractivity contribution in [2.75, 3.05) is 12.4 Å². The van der Waals surface area contributed by atoms with E-state index in [0.29, 0.717) is 17.1 Å². The van der Waals surface area contributed by atoms with Gasteiger partial charge in [-0.3, -0.25) is 4.79 Å². The van der Waals surface area contributed by atoms with Crippen molar-refractivity contribution >= 4 is 11.6 Å². The molecule has 0 bridgehead atoms. The molecule has 3 aromatic rings. The molecule has 1 amide bonds. The van der Waals surface area contributed by atoms with Gasteiger partial charge in [0.05, 0.1) is 23.9 Å². The molecule has 0 aliphatic carbocycles. The van der Waals surface area contributed by atoms with Gasteiger partial charge in [0.2, 0.25) is 0 Å². The van der Waals surface area contributed by atoms with Gasteiger partial charge in [-0.15, -0.1) is 0 Å². The lowest BCUT2D eigenvalue weighted by Gasteiger charge is -2.16. The van der Waals surface area contributed by atoms with Gasteiger partial charge in [-0.25, -0.2) is 0 Å². The van der Waals surface area contributed by atoms with Crippen molar-refractivity contribution in [3.63, 3.8) is 0 Å². The van der Waals surface area contributed by atoms with Gasteiger partial charge >= 0.3 is 6.18 Å². The van der Waals surface area contributed by atoms with E-state index in [1.807, 2.05) is 0 Å². The van der Waals surface area contributed by atoms with Crippen LogP contribution in [0.25, 0.3) is 0 Å². The van der Waals surface area contributed by atoms with Crippen LogP contribution in [0.15, 0.2) is 60.7 Å². The fourth-order valence-electron chi connectivity index (χ4n) is 2.69. The Morgan fingerprint density at radius 2 is 1.63 bits per heavy atom. The number of carbonyl (C=O) groups excluding carboxylic acids is 1. The van der Waals surface area contributed by atoms with Crippen molar-refractivity contribution in [2.24, 2.45) is 0 Å². The number of amides is 1. The highest BCUT2D eigenvalue weighted by Crippen LogP contribution is 2.37. The van der Waals surface area contributed by atoms with Crippen molar-refractivity contribution in [2.45, 2.75) is 13.1 Å². The zero-order valence-corrected chi connectivity index (χ0v) is 16.1. The van der Waals surface area contributed by atoms with E-state index in [-0.39, 0.29) is 22.7 Å². The molecular formula is C22H18F3NO4. The molecule has 2 N–H and O–H groups in total. The molecule has 0 spiro atoms. The second kappa shape index (κ2) is 8.36. The summed E-state index contributed by atoms with van der Waals surface area (Å²) in [5.74, 6) is -0.130. The van der Waals surface area contributed by atoms with Crippen LogP contribution in [-0.4, -0.2) is 18.1 Å². The molecule has 0 unspecified atom stereocenters. The average Bonchev–Trinajstić information content (AvgIpc) is 2.70. The number of methoxy groups -OCH3 is 1. The second-order valence-electron chi connectivity index (χ2n) is 6.46. The highest BCUT2D eigenvalue weighted by Gasteiger charge is 2.31. The third kappa shape index (κ3) is 4.83. The number of rotatable bonds is 5. The normalized spacial score (nSPS) is 11.1. The summed E-state index contributed by atoms with van der Waals surface area (Å²) in [6, 6.07) is 13.6. The van der Waals surface area contributed by atoms with Crippen LogP contribution >= 0.6 is 0 Å². The molecule has 0 radical (unpaired) electrons. The molecule has 30 heavy (non-hydrogen) atoms. The molecule has 0 saturated carbocycles. The Hall–Kier alpha value is -3.68. The van der Waals surface area contributed by atoms with Gasteiger partial charge in [0.1, 0.15) is 17.2 Å². The molecule has 0 heterocycles. The number of hydrogen-bond donors (Lipinski definition) is 2. The Morgan fingerprint density at radius 1 is 0.967 bits per heavy atom. The van der Waals surface area contributed by atoms with Gasteiger partial charge in [0.25, 0.3) is 5.91 Å². The summed E-state index contributed by atoms with van der Waals surface area (Å²) in [7, 11) is 1.50. The van der Waals surface area contributed by atoms with Gasteiger partial charge in [-0.05, 0) is 61.5 Å². The molecule has 156 valence electrons. The van der Waals surface area contributed by atoms with Crippen molar-refractivity contribution in [3.8, 4) is 23.0 Å². The predicted octanol–water partition coefficient (Wildman–Crippen LogP) is 5.77. The summed E-state index contributed by atoms with van der Waals surface area (Å²) in [5.41, 5.74) is -0.501. The Morgan fingerprint density at radius 3 is 2.27 bits per heavy atom. The molecule has 3 aromatic carbocycles. The number of ether oxygens (including phenoxy) is 2. The third-order valence-corrected chi connectivity index (χ3v) is 4.24. The minimum Gasteiger partial charge on any atom is -0.507 e. The van der Waals surface area contributed by atoms with Crippen LogP contribution in [0.1, 0.15) is 21.5 Å². The second-order valence-corrected chi connectivity index (χ2v) is 6.46.